The van der Waals surface area contributed by atoms with Crippen molar-refractivity contribution in [3.8, 4) is 0 Å². The number of carboxylic acids is 1. The maximum absolute atomic E-state index is 13.1. The number of carbonyl (C=O) groups is 2. The van der Waals surface area contributed by atoms with Crippen LogP contribution in [0.1, 0.15) is 101 Å². The van der Waals surface area contributed by atoms with E-state index in [0.717, 1.165) is 32.1 Å². The molecule has 1 unspecified atom stereocenters. The lowest BCUT2D eigenvalue weighted by molar-refractivity contribution is -0.142. The van der Waals surface area contributed by atoms with Crippen molar-refractivity contribution in [1.82, 2.24) is 20.3 Å². The second kappa shape index (κ2) is 10.2. The summed E-state index contributed by atoms with van der Waals surface area (Å²) in [6.45, 7) is 4.00. The first-order chi connectivity index (χ1) is 14.0. The van der Waals surface area contributed by atoms with Gasteiger partial charge in [-0.05, 0) is 31.1 Å². The molecule has 0 spiro atoms. The van der Waals surface area contributed by atoms with Gasteiger partial charge in [-0.3, -0.25) is 4.79 Å². The van der Waals surface area contributed by atoms with Crippen molar-refractivity contribution in [2.24, 2.45) is 17.8 Å². The molecule has 1 heterocycles. The Bertz CT molecular complexity index is 659. The van der Waals surface area contributed by atoms with E-state index in [1.54, 1.807) is 4.68 Å². The molecule has 7 nitrogen and oxygen atoms in total. The summed E-state index contributed by atoms with van der Waals surface area (Å²) in [5.41, 5.74) is 0.344. The van der Waals surface area contributed by atoms with Crippen molar-refractivity contribution in [2.45, 2.75) is 96.6 Å². The van der Waals surface area contributed by atoms with Crippen LogP contribution in [0.2, 0.25) is 0 Å². The Labute approximate surface area is 173 Å². The standard InChI is InChI=1S/C22H36N4O3/c1-3-15(2)26-18(14-23-25-26)21(27)24-20(22(28)29)19(16-10-6-4-7-11-16)17-12-8-5-9-13-17/h14-17,19-20H,3-13H2,1-2H3,(H,24,27)(H,28,29)/t15?,20-/m0/s1. The molecule has 2 saturated carbocycles. The summed E-state index contributed by atoms with van der Waals surface area (Å²) in [5.74, 6) is -0.525. The normalized spacial score (nSPS) is 21.1. The summed E-state index contributed by atoms with van der Waals surface area (Å²) in [7, 11) is 0. The highest BCUT2D eigenvalue weighted by Crippen LogP contribution is 2.41. The maximum atomic E-state index is 13.1. The van der Waals surface area contributed by atoms with Gasteiger partial charge in [0.25, 0.3) is 5.91 Å². The third kappa shape index (κ3) is 5.17. The minimum atomic E-state index is -0.915. The topological polar surface area (TPSA) is 97.1 Å². The molecule has 2 aliphatic rings. The zero-order valence-corrected chi connectivity index (χ0v) is 17.8. The van der Waals surface area contributed by atoms with Crippen molar-refractivity contribution in [2.75, 3.05) is 0 Å². The lowest BCUT2D eigenvalue weighted by Crippen LogP contribution is -2.51. The predicted molar refractivity (Wildman–Crippen MR) is 111 cm³/mol. The molecule has 0 radical (unpaired) electrons. The summed E-state index contributed by atoms with van der Waals surface area (Å²) in [5, 5.41) is 21.0. The number of carbonyl (C=O) groups excluding carboxylic acids is 1. The van der Waals surface area contributed by atoms with Crippen molar-refractivity contribution < 1.29 is 14.7 Å². The van der Waals surface area contributed by atoms with Crippen LogP contribution in [0.3, 0.4) is 0 Å². The molecule has 0 aliphatic heterocycles. The smallest absolute Gasteiger partial charge is 0.326 e. The summed E-state index contributed by atoms with van der Waals surface area (Å²) < 4.78 is 1.60. The van der Waals surface area contributed by atoms with Gasteiger partial charge >= 0.3 is 5.97 Å². The van der Waals surface area contributed by atoms with Gasteiger partial charge in [0.05, 0.1) is 12.2 Å². The van der Waals surface area contributed by atoms with Gasteiger partial charge in [0.1, 0.15) is 11.7 Å². The monoisotopic (exact) mass is 404 g/mol. The Morgan fingerprint density at radius 2 is 1.66 bits per heavy atom. The molecule has 7 heteroatoms. The van der Waals surface area contributed by atoms with Crippen LogP contribution in [-0.2, 0) is 4.79 Å². The first-order valence-electron chi connectivity index (χ1n) is 11.5. The second-order valence-corrected chi connectivity index (χ2v) is 8.98. The molecule has 1 aromatic heterocycles. The quantitative estimate of drug-likeness (QED) is 0.676. The van der Waals surface area contributed by atoms with Gasteiger partial charge in [-0.25, -0.2) is 9.48 Å². The van der Waals surface area contributed by atoms with Gasteiger partial charge in [0, 0.05) is 0 Å². The van der Waals surface area contributed by atoms with Crippen LogP contribution in [0, 0.1) is 17.8 Å². The molecular weight excluding hydrogens is 368 g/mol. The largest absolute Gasteiger partial charge is 0.480 e. The molecule has 0 saturated heterocycles. The van der Waals surface area contributed by atoms with Crippen LogP contribution in [0.4, 0.5) is 0 Å². The Hall–Kier alpha value is -1.92. The number of hydrogen-bond donors (Lipinski definition) is 2. The van der Waals surface area contributed by atoms with Crippen LogP contribution in [-0.4, -0.2) is 38.0 Å². The molecule has 1 amide bonds. The van der Waals surface area contributed by atoms with Crippen molar-refractivity contribution >= 4 is 11.9 Å². The first kappa shape index (κ1) is 21.8. The van der Waals surface area contributed by atoms with Crippen LogP contribution < -0.4 is 5.32 Å². The van der Waals surface area contributed by atoms with Crippen molar-refractivity contribution in [3.63, 3.8) is 0 Å². The molecule has 3 rings (SSSR count). The molecule has 2 atom stereocenters. The van der Waals surface area contributed by atoms with E-state index in [1.807, 2.05) is 13.8 Å². The van der Waals surface area contributed by atoms with Gasteiger partial charge < -0.3 is 10.4 Å². The SMILES string of the molecule is CCC(C)n1nncc1C(=O)N[C@H](C(=O)O)C(C1CCCCC1)C1CCCCC1. The molecule has 0 aromatic carbocycles. The van der Waals surface area contributed by atoms with E-state index >= 15 is 0 Å². The van der Waals surface area contributed by atoms with E-state index in [9.17, 15) is 14.7 Å². The number of aliphatic carboxylic acids is 1. The Morgan fingerprint density at radius 3 is 2.14 bits per heavy atom. The summed E-state index contributed by atoms with van der Waals surface area (Å²) >= 11 is 0. The van der Waals surface area contributed by atoms with E-state index < -0.39 is 12.0 Å². The number of nitrogens with one attached hydrogen (secondary N) is 1. The van der Waals surface area contributed by atoms with Gasteiger partial charge in [-0.15, -0.1) is 5.10 Å². The fourth-order valence-electron chi connectivity index (χ4n) is 5.41. The Balaban J connectivity index is 1.83. The fraction of sp³-hybridized carbons (Fsp3) is 0.818. The fourth-order valence-corrected chi connectivity index (χ4v) is 5.41. The predicted octanol–water partition coefficient (Wildman–Crippen LogP) is 4.21. The van der Waals surface area contributed by atoms with Crippen LogP contribution in [0.15, 0.2) is 6.20 Å². The van der Waals surface area contributed by atoms with E-state index in [-0.39, 0.29) is 17.9 Å². The van der Waals surface area contributed by atoms with Gasteiger partial charge in [-0.2, -0.15) is 0 Å². The highest BCUT2D eigenvalue weighted by atomic mass is 16.4. The van der Waals surface area contributed by atoms with E-state index in [4.69, 9.17) is 0 Å². The average Bonchev–Trinajstić information content (AvgIpc) is 3.24. The van der Waals surface area contributed by atoms with Gasteiger partial charge in [-0.1, -0.05) is 76.3 Å². The van der Waals surface area contributed by atoms with Crippen LogP contribution >= 0.6 is 0 Å². The van der Waals surface area contributed by atoms with Crippen LogP contribution in [0.5, 0.6) is 0 Å². The average molecular weight is 405 g/mol. The van der Waals surface area contributed by atoms with E-state index in [1.165, 1.54) is 44.7 Å². The van der Waals surface area contributed by atoms with Crippen molar-refractivity contribution in [1.29, 1.82) is 0 Å². The summed E-state index contributed by atoms with van der Waals surface area (Å²) in [6, 6.07) is -0.817. The van der Waals surface area contributed by atoms with Crippen LogP contribution in [0.25, 0.3) is 0 Å². The number of aromatic nitrogens is 3. The minimum Gasteiger partial charge on any atom is -0.480 e. The van der Waals surface area contributed by atoms with Gasteiger partial charge in [0.2, 0.25) is 0 Å². The molecule has 0 bridgehead atoms. The van der Waals surface area contributed by atoms with E-state index in [0.29, 0.717) is 17.5 Å². The minimum absolute atomic E-state index is 0.00461. The third-order valence-corrected chi connectivity index (χ3v) is 7.14. The molecule has 2 aliphatic carbocycles. The number of amides is 1. The molecule has 162 valence electrons. The van der Waals surface area contributed by atoms with Crippen molar-refractivity contribution in [3.05, 3.63) is 11.9 Å². The highest BCUT2D eigenvalue weighted by Gasteiger charge is 2.41. The first-order valence-corrected chi connectivity index (χ1v) is 11.5. The molecular formula is C22H36N4O3. The van der Waals surface area contributed by atoms with Gasteiger partial charge in [0.15, 0.2) is 0 Å². The lowest BCUT2D eigenvalue weighted by Gasteiger charge is -2.41. The maximum Gasteiger partial charge on any atom is 0.326 e. The Morgan fingerprint density at radius 1 is 1.10 bits per heavy atom. The zero-order chi connectivity index (χ0) is 20.8. The zero-order valence-electron chi connectivity index (χ0n) is 17.8. The molecule has 29 heavy (non-hydrogen) atoms. The van der Waals surface area contributed by atoms with E-state index in [2.05, 4.69) is 15.6 Å². The lowest BCUT2D eigenvalue weighted by atomic mass is 9.66. The number of nitrogens with zero attached hydrogens (tertiary/aromatic N) is 3. The second-order valence-electron chi connectivity index (χ2n) is 8.98. The molecule has 2 fully saturated rings. The summed E-state index contributed by atoms with van der Waals surface area (Å²) in [6.07, 6.45) is 13.7. The number of rotatable bonds is 8. The number of carboxylic acid groups (broad SMARTS) is 1. The third-order valence-electron chi connectivity index (χ3n) is 7.14. The molecule has 2 N–H and O–H groups in total. The highest BCUT2D eigenvalue weighted by molar-refractivity contribution is 5.95. The number of hydrogen-bond acceptors (Lipinski definition) is 4. The summed E-state index contributed by atoms with van der Waals surface area (Å²) in [4.78, 5) is 25.4. The Kier molecular flexibility index (Phi) is 7.67. The molecule has 1 aromatic rings.